The number of aryl methyl sites for hydroxylation is 1. The Kier molecular flexibility index (Phi) is 4.17. The molecule has 1 aromatic carbocycles. The molecule has 1 atom stereocenters. The molecule has 0 bridgehead atoms. The monoisotopic (exact) mass is 278 g/mol. The first-order valence-corrected chi connectivity index (χ1v) is 6.43. The summed E-state index contributed by atoms with van der Waals surface area (Å²) in [6.45, 7) is 4.21. The summed E-state index contributed by atoms with van der Waals surface area (Å²) in [4.78, 5) is 11.5. The molecule has 0 radical (unpaired) electrons. The van der Waals surface area contributed by atoms with Crippen molar-refractivity contribution in [3.63, 3.8) is 0 Å². The molecule has 20 heavy (non-hydrogen) atoms. The van der Waals surface area contributed by atoms with Gasteiger partial charge in [0.1, 0.15) is 11.6 Å². The molecule has 0 spiro atoms. The van der Waals surface area contributed by atoms with Gasteiger partial charge in [0, 0.05) is 30.4 Å². The van der Waals surface area contributed by atoms with E-state index in [1.54, 1.807) is 23.8 Å². The molecule has 0 aliphatic rings. The summed E-state index contributed by atoms with van der Waals surface area (Å²) in [5.41, 5.74) is 1.00. The maximum absolute atomic E-state index is 13.7. The number of pyridine rings is 1. The number of hydrogen-bond acceptors (Lipinski definition) is 2. The minimum atomic E-state index is -0.599. The number of anilines is 1. The Labute approximate surface area is 115 Å². The average Bonchev–Trinajstić information content (AvgIpc) is 2.40. The Morgan fingerprint density at radius 1 is 1.25 bits per heavy atom. The predicted octanol–water partition coefficient (Wildman–Crippen LogP) is 3.32. The Morgan fingerprint density at radius 3 is 2.65 bits per heavy atom. The van der Waals surface area contributed by atoms with Gasteiger partial charge < -0.3 is 9.88 Å². The van der Waals surface area contributed by atoms with E-state index in [2.05, 4.69) is 5.32 Å². The first kappa shape index (κ1) is 14.2. The maximum Gasteiger partial charge on any atom is 0.250 e. The first-order chi connectivity index (χ1) is 9.51. The summed E-state index contributed by atoms with van der Waals surface area (Å²) in [5.74, 6) is -1.19. The molecule has 1 N–H and O–H groups in total. The largest absolute Gasteiger partial charge is 0.377 e. The normalized spacial score (nSPS) is 12.2. The molecule has 0 aliphatic heterocycles. The van der Waals surface area contributed by atoms with E-state index >= 15 is 0 Å². The van der Waals surface area contributed by atoms with Gasteiger partial charge in [-0.3, -0.25) is 4.79 Å². The molecule has 106 valence electrons. The van der Waals surface area contributed by atoms with E-state index in [0.29, 0.717) is 17.8 Å². The SMILES string of the molecule is CCn1cc(NC(C)c2ccc(F)cc2F)ccc1=O. The van der Waals surface area contributed by atoms with Crippen molar-refractivity contribution in [2.24, 2.45) is 0 Å². The number of nitrogens with zero attached hydrogens (tertiary/aromatic N) is 1. The third-order valence-electron chi connectivity index (χ3n) is 3.14. The average molecular weight is 278 g/mol. The Bertz CT molecular complexity index is 667. The van der Waals surface area contributed by atoms with E-state index in [1.165, 1.54) is 18.2 Å². The number of rotatable bonds is 4. The van der Waals surface area contributed by atoms with Gasteiger partial charge in [0.15, 0.2) is 0 Å². The topological polar surface area (TPSA) is 34.0 Å². The molecule has 1 heterocycles. The summed E-state index contributed by atoms with van der Waals surface area (Å²) >= 11 is 0. The van der Waals surface area contributed by atoms with Crippen molar-refractivity contribution < 1.29 is 8.78 Å². The molecular weight excluding hydrogens is 262 g/mol. The summed E-state index contributed by atoms with van der Waals surface area (Å²) in [6, 6.07) is 6.27. The lowest BCUT2D eigenvalue weighted by atomic mass is 10.1. The van der Waals surface area contributed by atoms with Crippen LogP contribution in [0, 0.1) is 11.6 Å². The van der Waals surface area contributed by atoms with Crippen molar-refractivity contribution in [2.45, 2.75) is 26.4 Å². The second-order valence-corrected chi connectivity index (χ2v) is 4.57. The van der Waals surface area contributed by atoms with Gasteiger partial charge in [-0.05, 0) is 26.0 Å². The summed E-state index contributed by atoms with van der Waals surface area (Å²) in [7, 11) is 0. The van der Waals surface area contributed by atoms with E-state index in [9.17, 15) is 13.6 Å². The second-order valence-electron chi connectivity index (χ2n) is 4.57. The van der Waals surface area contributed by atoms with Crippen LogP contribution in [0.2, 0.25) is 0 Å². The fourth-order valence-corrected chi connectivity index (χ4v) is 2.04. The predicted molar refractivity (Wildman–Crippen MR) is 74.8 cm³/mol. The van der Waals surface area contributed by atoms with Gasteiger partial charge in [-0.15, -0.1) is 0 Å². The maximum atomic E-state index is 13.7. The minimum Gasteiger partial charge on any atom is -0.377 e. The highest BCUT2D eigenvalue weighted by Crippen LogP contribution is 2.21. The number of halogens is 2. The van der Waals surface area contributed by atoms with Crippen LogP contribution >= 0.6 is 0 Å². The highest BCUT2D eigenvalue weighted by Gasteiger charge is 2.12. The van der Waals surface area contributed by atoms with Crippen LogP contribution in [0.15, 0.2) is 41.3 Å². The van der Waals surface area contributed by atoms with Crippen LogP contribution in [0.5, 0.6) is 0 Å². The molecule has 1 aromatic heterocycles. The Hall–Kier alpha value is -2.17. The molecule has 1 unspecified atom stereocenters. The van der Waals surface area contributed by atoms with Crippen LogP contribution in [-0.4, -0.2) is 4.57 Å². The number of nitrogens with one attached hydrogen (secondary N) is 1. The third-order valence-corrected chi connectivity index (χ3v) is 3.14. The molecule has 2 aromatic rings. The van der Waals surface area contributed by atoms with Gasteiger partial charge in [0.25, 0.3) is 5.56 Å². The molecule has 0 saturated carbocycles. The number of aromatic nitrogens is 1. The number of benzene rings is 1. The van der Waals surface area contributed by atoms with Crippen LogP contribution in [0.4, 0.5) is 14.5 Å². The zero-order chi connectivity index (χ0) is 14.7. The van der Waals surface area contributed by atoms with Gasteiger partial charge in [-0.2, -0.15) is 0 Å². The molecule has 0 aliphatic carbocycles. The second kappa shape index (κ2) is 5.86. The first-order valence-electron chi connectivity index (χ1n) is 6.43. The van der Waals surface area contributed by atoms with Gasteiger partial charge >= 0.3 is 0 Å². The summed E-state index contributed by atoms with van der Waals surface area (Å²) in [5, 5.41) is 3.10. The van der Waals surface area contributed by atoms with Crippen LogP contribution in [0.1, 0.15) is 25.5 Å². The van der Waals surface area contributed by atoms with Crippen LogP contribution < -0.4 is 10.9 Å². The van der Waals surface area contributed by atoms with Crippen molar-refractivity contribution in [3.05, 3.63) is 64.1 Å². The zero-order valence-electron chi connectivity index (χ0n) is 11.4. The molecule has 0 amide bonds. The number of hydrogen-bond donors (Lipinski definition) is 1. The smallest absolute Gasteiger partial charge is 0.250 e. The van der Waals surface area contributed by atoms with Crippen molar-refractivity contribution in [2.75, 3.05) is 5.32 Å². The van der Waals surface area contributed by atoms with Gasteiger partial charge in [-0.1, -0.05) is 6.07 Å². The summed E-state index contributed by atoms with van der Waals surface area (Å²) in [6.07, 6.45) is 1.68. The van der Waals surface area contributed by atoms with Crippen LogP contribution in [0.3, 0.4) is 0 Å². The lowest BCUT2D eigenvalue weighted by molar-refractivity contribution is 0.566. The van der Waals surface area contributed by atoms with Crippen molar-refractivity contribution in [1.29, 1.82) is 0 Å². The van der Waals surface area contributed by atoms with Crippen LogP contribution in [-0.2, 0) is 6.54 Å². The quantitative estimate of drug-likeness (QED) is 0.931. The van der Waals surface area contributed by atoms with Crippen molar-refractivity contribution >= 4 is 5.69 Å². The fraction of sp³-hybridized carbons (Fsp3) is 0.267. The van der Waals surface area contributed by atoms with Gasteiger partial charge in [-0.25, -0.2) is 8.78 Å². The van der Waals surface area contributed by atoms with Crippen molar-refractivity contribution in [3.8, 4) is 0 Å². The van der Waals surface area contributed by atoms with E-state index in [0.717, 1.165) is 6.07 Å². The van der Waals surface area contributed by atoms with Gasteiger partial charge in [0.05, 0.1) is 11.7 Å². The van der Waals surface area contributed by atoms with E-state index < -0.39 is 11.6 Å². The van der Waals surface area contributed by atoms with E-state index in [1.807, 2.05) is 6.92 Å². The highest BCUT2D eigenvalue weighted by molar-refractivity contribution is 5.43. The molecule has 3 nitrogen and oxygen atoms in total. The van der Waals surface area contributed by atoms with Crippen molar-refractivity contribution in [1.82, 2.24) is 4.57 Å². The lowest BCUT2D eigenvalue weighted by Crippen LogP contribution is -2.18. The summed E-state index contributed by atoms with van der Waals surface area (Å²) < 4.78 is 28.1. The standard InChI is InChI=1S/C15H16F2N2O/c1-3-19-9-12(5-7-15(19)20)18-10(2)13-6-4-11(16)8-14(13)17/h4-10,18H,3H2,1-2H3. The third kappa shape index (κ3) is 3.04. The molecule has 0 saturated heterocycles. The lowest BCUT2D eigenvalue weighted by Gasteiger charge is -2.17. The van der Waals surface area contributed by atoms with Gasteiger partial charge in [0.2, 0.25) is 0 Å². The zero-order valence-corrected chi connectivity index (χ0v) is 11.4. The molecular formula is C15H16F2N2O. The van der Waals surface area contributed by atoms with E-state index in [4.69, 9.17) is 0 Å². The Balaban J connectivity index is 2.23. The fourth-order valence-electron chi connectivity index (χ4n) is 2.04. The van der Waals surface area contributed by atoms with E-state index in [-0.39, 0.29) is 11.6 Å². The highest BCUT2D eigenvalue weighted by atomic mass is 19.1. The Morgan fingerprint density at radius 2 is 2.00 bits per heavy atom. The minimum absolute atomic E-state index is 0.0846. The molecule has 0 fully saturated rings. The molecule has 5 heteroatoms. The van der Waals surface area contributed by atoms with Crippen LogP contribution in [0.25, 0.3) is 0 Å². The molecule has 2 rings (SSSR count).